The highest BCUT2D eigenvalue weighted by atomic mass is 16.5. The Hall–Kier alpha value is -1.78. The monoisotopic (exact) mass is 183 g/mol. The Morgan fingerprint density at radius 1 is 1.46 bits per heavy atom. The molecule has 0 amide bonds. The molecule has 1 heterocycles. The zero-order valence-electron chi connectivity index (χ0n) is 7.31. The van der Waals surface area contributed by atoms with Gasteiger partial charge < -0.3 is 14.7 Å². The molecule has 0 saturated heterocycles. The van der Waals surface area contributed by atoms with Gasteiger partial charge in [0.2, 0.25) is 6.20 Å². The molecule has 1 aromatic rings. The zero-order valence-corrected chi connectivity index (χ0v) is 7.31. The second-order valence-electron chi connectivity index (χ2n) is 2.27. The normalized spacial score (nSPS) is 9.38. The Kier molecular flexibility index (Phi) is 2.69. The molecule has 0 bridgehead atoms. The van der Waals surface area contributed by atoms with Crippen LogP contribution < -0.4 is 9.47 Å². The molecular weight excluding hydrogens is 174 g/mol. The van der Waals surface area contributed by atoms with E-state index >= 15 is 0 Å². The molecule has 5 heteroatoms. The van der Waals surface area contributed by atoms with Gasteiger partial charge in [-0.05, 0) is 6.07 Å². The molecule has 0 unspecified atom stereocenters. The number of hydrogen-bond acceptors (Lipinski definition) is 4. The number of methoxy groups -OCH3 is 2. The lowest BCUT2D eigenvalue weighted by atomic mass is 10.3. The van der Waals surface area contributed by atoms with E-state index in [0.717, 1.165) is 6.20 Å². The first kappa shape index (κ1) is 9.31. The molecule has 0 fully saturated rings. The van der Waals surface area contributed by atoms with Crippen LogP contribution in [0.3, 0.4) is 0 Å². The lowest BCUT2D eigenvalue weighted by Crippen LogP contribution is -2.34. The van der Waals surface area contributed by atoms with Crippen LogP contribution in [0.1, 0.15) is 10.5 Å². The molecule has 0 saturated carbocycles. The predicted molar refractivity (Wildman–Crippen MR) is 43.3 cm³/mol. The van der Waals surface area contributed by atoms with Crippen molar-refractivity contribution in [3.8, 4) is 5.75 Å². The van der Waals surface area contributed by atoms with Crippen LogP contribution in [0, 0.1) is 5.21 Å². The summed E-state index contributed by atoms with van der Waals surface area (Å²) in [5, 5.41) is 11.1. The quantitative estimate of drug-likeness (QED) is 0.371. The number of ether oxygens (including phenoxy) is 2. The molecule has 0 N–H and O–H groups in total. The van der Waals surface area contributed by atoms with E-state index in [-0.39, 0.29) is 5.69 Å². The Morgan fingerprint density at radius 2 is 2.15 bits per heavy atom. The van der Waals surface area contributed by atoms with Gasteiger partial charge in [-0.15, -0.1) is 0 Å². The van der Waals surface area contributed by atoms with E-state index in [2.05, 4.69) is 4.74 Å². The van der Waals surface area contributed by atoms with E-state index in [1.807, 2.05) is 0 Å². The van der Waals surface area contributed by atoms with Gasteiger partial charge in [-0.3, -0.25) is 0 Å². The second kappa shape index (κ2) is 3.75. The van der Waals surface area contributed by atoms with Gasteiger partial charge in [0, 0.05) is 6.07 Å². The van der Waals surface area contributed by atoms with Crippen LogP contribution in [0.2, 0.25) is 0 Å². The summed E-state index contributed by atoms with van der Waals surface area (Å²) in [6.45, 7) is 0. The van der Waals surface area contributed by atoms with Crippen molar-refractivity contribution in [2.75, 3.05) is 14.2 Å². The van der Waals surface area contributed by atoms with Crippen molar-refractivity contribution in [1.29, 1.82) is 0 Å². The third-order valence-corrected chi connectivity index (χ3v) is 1.52. The number of esters is 1. The van der Waals surface area contributed by atoms with Crippen LogP contribution in [0.15, 0.2) is 18.3 Å². The Bertz CT molecular complexity index is 324. The third-order valence-electron chi connectivity index (χ3n) is 1.52. The largest absolute Gasteiger partial charge is 0.618 e. The first-order valence-corrected chi connectivity index (χ1v) is 3.54. The van der Waals surface area contributed by atoms with Crippen molar-refractivity contribution in [1.82, 2.24) is 0 Å². The van der Waals surface area contributed by atoms with E-state index in [4.69, 9.17) is 4.74 Å². The summed E-state index contributed by atoms with van der Waals surface area (Å²) in [6.07, 6.45) is 1.16. The smallest absolute Gasteiger partial charge is 0.404 e. The Balaban J connectivity index is 3.05. The maximum atomic E-state index is 11.1. The van der Waals surface area contributed by atoms with Gasteiger partial charge in [-0.1, -0.05) is 0 Å². The standard InChI is InChI=1S/C8H9NO4/c1-12-6-3-4-7(8(10)13-2)9(11)5-6/h3-5H,1-2H3. The highest BCUT2D eigenvalue weighted by Crippen LogP contribution is 2.06. The topological polar surface area (TPSA) is 62.5 Å². The van der Waals surface area contributed by atoms with Crippen LogP contribution in [0.4, 0.5) is 0 Å². The summed E-state index contributed by atoms with van der Waals surface area (Å²) in [6, 6.07) is 2.86. The minimum atomic E-state index is -0.669. The van der Waals surface area contributed by atoms with Crippen LogP contribution in [0.5, 0.6) is 5.75 Å². The number of pyridine rings is 1. The second-order valence-corrected chi connectivity index (χ2v) is 2.27. The van der Waals surface area contributed by atoms with Crippen LogP contribution >= 0.6 is 0 Å². The number of aromatic nitrogens is 1. The van der Waals surface area contributed by atoms with Crippen molar-refractivity contribution in [3.05, 3.63) is 29.2 Å². The van der Waals surface area contributed by atoms with Crippen molar-refractivity contribution >= 4 is 5.97 Å². The molecular formula is C8H9NO4. The molecule has 0 aliphatic carbocycles. The molecule has 70 valence electrons. The SMILES string of the molecule is COC(=O)c1ccc(OC)c[n+]1[O-]. The highest BCUT2D eigenvalue weighted by Gasteiger charge is 2.16. The van der Waals surface area contributed by atoms with E-state index in [0.29, 0.717) is 10.5 Å². The van der Waals surface area contributed by atoms with Gasteiger partial charge in [0.05, 0.1) is 14.2 Å². The third kappa shape index (κ3) is 1.87. The molecule has 13 heavy (non-hydrogen) atoms. The number of nitrogens with zero attached hydrogens (tertiary/aromatic N) is 1. The van der Waals surface area contributed by atoms with Crippen molar-refractivity contribution < 1.29 is 19.0 Å². The fourth-order valence-electron chi connectivity index (χ4n) is 0.846. The lowest BCUT2D eigenvalue weighted by molar-refractivity contribution is -0.608. The average molecular weight is 183 g/mol. The summed E-state index contributed by atoms with van der Waals surface area (Å²) in [7, 11) is 2.65. The summed E-state index contributed by atoms with van der Waals surface area (Å²) in [4.78, 5) is 11.0. The summed E-state index contributed by atoms with van der Waals surface area (Å²) in [5.41, 5.74) is -0.0664. The minimum Gasteiger partial charge on any atom is -0.618 e. The first-order valence-electron chi connectivity index (χ1n) is 3.54. The first-order chi connectivity index (χ1) is 6.19. The molecule has 5 nitrogen and oxygen atoms in total. The summed E-state index contributed by atoms with van der Waals surface area (Å²) < 4.78 is 9.59. The molecule has 0 aliphatic rings. The Morgan fingerprint density at radius 3 is 2.62 bits per heavy atom. The van der Waals surface area contributed by atoms with E-state index in [1.54, 1.807) is 0 Å². The molecule has 0 aromatic carbocycles. The van der Waals surface area contributed by atoms with Crippen LogP contribution in [-0.2, 0) is 4.74 Å². The number of rotatable bonds is 2. The van der Waals surface area contributed by atoms with Crippen LogP contribution in [-0.4, -0.2) is 20.2 Å². The summed E-state index contributed by atoms with van der Waals surface area (Å²) >= 11 is 0. The van der Waals surface area contributed by atoms with Gasteiger partial charge in [-0.2, -0.15) is 4.73 Å². The molecule has 0 spiro atoms. The molecule has 1 rings (SSSR count). The van der Waals surface area contributed by atoms with Crippen LogP contribution in [0.25, 0.3) is 0 Å². The van der Waals surface area contributed by atoms with E-state index in [9.17, 15) is 10.0 Å². The summed E-state index contributed by atoms with van der Waals surface area (Å²) in [5.74, 6) is -0.277. The zero-order chi connectivity index (χ0) is 9.84. The van der Waals surface area contributed by atoms with Gasteiger partial charge >= 0.3 is 11.7 Å². The van der Waals surface area contributed by atoms with E-state index in [1.165, 1.54) is 26.4 Å². The number of hydrogen-bond donors (Lipinski definition) is 0. The van der Waals surface area contributed by atoms with Crippen molar-refractivity contribution in [2.45, 2.75) is 0 Å². The van der Waals surface area contributed by atoms with Gasteiger partial charge in [0.25, 0.3) is 0 Å². The van der Waals surface area contributed by atoms with Gasteiger partial charge in [0.15, 0.2) is 5.75 Å². The lowest BCUT2D eigenvalue weighted by Gasteiger charge is -2.03. The van der Waals surface area contributed by atoms with E-state index < -0.39 is 5.97 Å². The maximum Gasteiger partial charge on any atom is 0.404 e. The average Bonchev–Trinajstić information content (AvgIpc) is 2.16. The minimum absolute atomic E-state index is 0.0664. The van der Waals surface area contributed by atoms with Gasteiger partial charge in [0.1, 0.15) is 0 Å². The van der Waals surface area contributed by atoms with Crippen molar-refractivity contribution in [3.63, 3.8) is 0 Å². The predicted octanol–water partition coefficient (Wildman–Crippen LogP) is 0.115. The highest BCUT2D eigenvalue weighted by molar-refractivity contribution is 5.85. The molecule has 0 atom stereocenters. The fourth-order valence-corrected chi connectivity index (χ4v) is 0.846. The molecule has 0 aliphatic heterocycles. The Labute approximate surface area is 75.1 Å². The fraction of sp³-hybridized carbons (Fsp3) is 0.250. The number of carbonyl (C=O) groups excluding carboxylic acids is 1. The maximum absolute atomic E-state index is 11.1. The number of carbonyl (C=O) groups is 1. The molecule has 0 radical (unpaired) electrons. The van der Waals surface area contributed by atoms with Crippen molar-refractivity contribution in [2.24, 2.45) is 0 Å². The van der Waals surface area contributed by atoms with Gasteiger partial charge in [-0.25, -0.2) is 4.79 Å². The molecule has 1 aromatic heterocycles.